The van der Waals surface area contributed by atoms with Crippen molar-refractivity contribution in [3.05, 3.63) is 0 Å². The van der Waals surface area contributed by atoms with Gasteiger partial charge in [-0.15, -0.1) is 0 Å². The second-order valence-corrected chi connectivity index (χ2v) is 18.0. The molecule has 3 heterocycles. The van der Waals surface area contributed by atoms with Gasteiger partial charge in [0.25, 0.3) is 0 Å². The van der Waals surface area contributed by atoms with Crippen LogP contribution in [-0.2, 0) is 33.2 Å². The first-order valence-electron chi connectivity index (χ1n) is 19.5. The quantitative estimate of drug-likeness (QED) is 0.265. The van der Waals surface area contributed by atoms with Crippen LogP contribution in [0.4, 0.5) is 0 Å². The van der Waals surface area contributed by atoms with Crippen LogP contribution < -0.4 is 10.6 Å². The molecule has 15 atom stereocenters. The molecule has 0 aliphatic carbocycles. The van der Waals surface area contributed by atoms with Crippen LogP contribution in [0.5, 0.6) is 0 Å². The van der Waals surface area contributed by atoms with Gasteiger partial charge in [-0.25, -0.2) is 0 Å². The van der Waals surface area contributed by atoms with Gasteiger partial charge in [-0.1, -0.05) is 62.3 Å². The van der Waals surface area contributed by atoms with Crippen molar-refractivity contribution in [2.24, 2.45) is 40.4 Å². The van der Waals surface area contributed by atoms with Crippen LogP contribution in [0.3, 0.4) is 0 Å². The third-order valence-corrected chi connectivity index (χ3v) is 12.9. The van der Waals surface area contributed by atoms with Crippen molar-refractivity contribution in [1.82, 2.24) is 10.6 Å². The molecule has 288 valence electrons. The highest BCUT2D eigenvalue weighted by atomic mass is 16.7. The van der Waals surface area contributed by atoms with Crippen LogP contribution in [0.2, 0.25) is 0 Å². The Labute approximate surface area is 300 Å². The second kappa shape index (κ2) is 17.3. The fourth-order valence-corrected chi connectivity index (χ4v) is 9.27. The van der Waals surface area contributed by atoms with E-state index in [-0.39, 0.29) is 70.7 Å². The van der Waals surface area contributed by atoms with E-state index in [9.17, 15) is 4.79 Å². The summed E-state index contributed by atoms with van der Waals surface area (Å²) in [6.45, 7) is 31.6. The van der Waals surface area contributed by atoms with Gasteiger partial charge >= 0.3 is 5.97 Å². The van der Waals surface area contributed by atoms with Crippen LogP contribution in [0.1, 0.15) is 129 Å². The minimum atomic E-state index is -0.571. The summed E-state index contributed by atoms with van der Waals surface area (Å²) in [4.78, 5) is 14.4. The van der Waals surface area contributed by atoms with Gasteiger partial charge in [-0.2, -0.15) is 0 Å². The Hall–Kier alpha value is -0.810. The van der Waals surface area contributed by atoms with Crippen LogP contribution in [-0.4, -0.2) is 87.5 Å². The van der Waals surface area contributed by atoms with Gasteiger partial charge in [0.2, 0.25) is 0 Å². The zero-order valence-corrected chi connectivity index (χ0v) is 34.2. The summed E-state index contributed by atoms with van der Waals surface area (Å²) < 4.78 is 39.7. The normalized spacial score (nSPS) is 45.9. The van der Waals surface area contributed by atoms with E-state index in [0.29, 0.717) is 18.3 Å². The lowest BCUT2D eigenvalue weighted by Gasteiger charge is -2.48. The molecule has 9 heteroatoms. The molecule has 3 aliphatic heterocycles. The van der Waals surface area contributed by atoms with Gasteiger partial charge in [0.15, 0.2) is 12.6 Å². The predicted molar refractivity (Wildman–Crippen MR) is 196 cm³/mol. The average Bonchev–Trinajstić information content (AvgIpc) is 3.02. The van der Waals surface area contributed by atoms with Crippen molar-refractivity contribution in [3.63, 3.8) is 0 Å². The van der Waals surface area contributed by atoms with E-state index in [1.807, 2.05) is 14.0 Å². The molecule has 0 aromatic rings. The highest BCUT2D eigenvalue weighted by Crippen LogP contribution is 2.44. The van der Waals surface area contributed by atoms with Crippen molar-refractivity contribution in [3.8, 4) is 0 Å². The van der Waals surface area contributed by atoms with E-state index in [1.165, 1.54) is 0 Å². The van der Waals surface area contributed by atoms with Gasteiger partial charge in [0, 0.05) is 49.3 Å². The SMILES string of the molecule is CC[C@H]1OC(=O)[C@H](C)[C@@H](O[C@H]2C[C@@](C)(OC)C[C@H](C)O2)[C@H](C)[C@@H](O[C@@H]2O[C@H](C)C[C@H](NC)[C@H]2C)C(C)(C)C[C@@H](C)NC[C@H](C)[C@@H](C)C1(C)C. The highest BCUT2D eigenvalue weighted by molar-refractivity contribution is 5.73. The minimum absolute atomic E-state index is 0.0517. The van der Waals surface area contributed by atoms with Crippen molar-refractivity contribution < 1.29 is 33.2 Å². The maximum Gasteiger partial charge on any atom is 0.311 e. The molecule has 3 aliphatic rings. The van der Waals surface area contributed by atoms with E-state index in [1.54, 1.807) is 7.11 Å². The lowest BCUT2D eigenvalue weighted by atomic mass is 9.69. The third kappa shape index (κ3) is 10.4. The Morgan fingerprint density at radius 2 is 1.53 bits per heavy atom. The van der Waals surface area contributed by atoms with E-state index in [2.05, 4.69) is 101 Å². The molecule has 3 saturated heterocycles. The molecule has 0 aromatic heterocycles. The number of rotatable bonds is 7. The predicted octanol–water partition coefficient (Wildman–Crippen LogP) is 7.35. The summed E-state index contributed by atoms with van der Waals surface area (Å²) in [6.07, 6.45) is 1.86. The minimum Gasteiger partial charge on any atom is -0.462 e. The molecule has 3 rings (SSSR count). The Morgan fingerprint density at radius 1 is 0.878 bits per heavy atom. The Bertz CT molecular complexity index is 1040. The molecule has 0 radical (unpaired) electrons. The summed E-state index contributed by atoms with van der Waals surface area (Å²) in [5, 5.41) is 7.37. The summed E-state index contributed by atoms with van der Waals surface area (Å²) in [5.41, 5.74) is -0.921. The largest absolute Gasteiger partial charge is 0.462 e. The van der Waals surface area contributed by atoms with Gasteiger partial charge in [0.05, 0.1) is 35.9 Å². The first-order valence-corrected chi connectivity index (χ1v) is 19.5. The number of nitrogens with one attached hydrogen (secondary N) is 2. The number of hydrogen-bond donors (Lipinski definition) is 2. The molecule has 49 heavy (non-hydrogen) atoms. The second-order valence-electron chi connectivity index (χ2n) is 18.0. The van der Waals surface area contributed by atoms with Crippen molar-refractivity contribution in [1.29, 1.82) is 0 Å². The maximum absolute atomic E-state index is 14.4. The van der Waals surface area contributed by atoms with Crippen molar-refractivity contribution >= 4 is 5.97 Å². The number of carbonyl (C=O) groups excluding carboxylic acids is 1. The van der Waals surface area contributed by atoms with Gasteiger partial charge < -0.3 is 39.1 Å². The molecule has 0 bridgehead atoms. The molecule has 3 fully saturated rings. The molecule has 0 spiro atoms. The highest BCUT2D eigenvalue weighted by Gasteiger charge is 2.49. The fourth-order valence-electron chi connectivity index (χ4n) is 9.27. The number of hydrogen-bond acceptors (Lipinski definition) is 9. The summed E-state index contributed by atoms with van der Waals surface area (Å²) in [5.74, 6) is -0.182. The van der Waals surface area contributed by atoms with Crippen LogP contribution in [0.15, 0.2) is 0 Å². The van der Waals surface area contributed by atoms with Gasteiger partial charge in [-0.3, -0.25) is 4.79 Å². The van der Waals surface area contributed by atoms with E-state index >= 15 is 0 Å². The number of esters is 1. The third-order valence-electron chi connectivity index (χ3n) is 12.9. The Morgan fingerprint density at radius 3 is 2.12 bits per heavy atom. The van der Waals surface area contributed by atoms with Crippen LogP contribution in [0.25, 0.3) is 0 Å². The number of carbonyl (C=O) groups is 1. The Balaban J connectivity index is 2.13. The zero-order valence-electron chi connectivity index (χ0n) is 34.2. The summed E-state index contributed by atoms with van der Waals surface area (Å²) in [7, 11) is 3.77. The first kappa shape index (κ1) is 42.6. The zero-order chi connectivity index (χ0) is 37.1. The van der Waals surface area contributed by atoms with Crippen molar-refractivity contribution in [2.45, 2.75) is 190 Å². The molecule has 9 nitrogen and oxygen atoms in total. The molecule has 0 aromatic carbocycles. The lowest BCUT2D eigenvalue weighted by molar-refractivity contribution is -0.291. The standard InChI is InChI=1S/C40H76N2O7/c1-17-32-39(12,13)30(9)23(2)22-42-24(3)19-38(10,11)35(49-37-27(6)31(41-15)18-25(4)46-37)28(7)34(29(8)36(43)47-32)48-33-21-40(14,44-16)20-26(5)45-33/h23-35,37,41-42H,17-22H2,1-16H3/t23-,24+,25+,26-,27+,28-,29+,30+,31-,32+,33-,34-,35+,37-,40-/m0/s1. The van der Waals surface area contributed by atoms with Crippen LogP contribution in [0, 0.1) is 40.4 Å². The van der Waals surface area contributed by atoms with Crippen LogP contribution >= 0.6 is 0 Å². The number of methoxy groups -OCH3 is 1. The molecule has 0 unspecified atom stereocenters. The maximum atomic E-state index is 14.4. The van der Waals surface area contributed by atoms with E-state index < -0.39 is 24.6 Å². The smallest absolute Gasteiger partial charge is 0.311 e. The molecule has 0 saturated carbocycles. The summed E-state index contributed by atoms with van der Waals surface area (Å²) in [6, 6.07) is 0.518. The van der Waals surface area contributed by atoms with E-state index in [0.717, 1.165) is 32.2 Å². The molecular weight excluding hydrogens is 620 g/mol. The summed E-state index contributed by atoms with van der Waals surface area (Å²) >= 11 is 0. The average molecular weight is 697 g/mol. The monoisotopic (exact) mass is 697 g/mol. The van der Waals surface area contributed by atoms with Gasteiger partial charge in [0.1, 0.15) is 6.10 Å². The Kier molecular flexibility index (Phi) is 15.1. The lowest BCUT2D eigenvalue weighted by Crippen LogP contribution is -2.55. The molecule has 2 N–H and O–H groups in total. The van der Waals surface area contributed by atoms with E-state index in [4.69, 9.17) is 28.4 Å². The fraction of sp³-hybridized carbons (Fsp3) is 0.975. The van der Waals surface area contributed by atoms with Gasteiger partial charge in [-0.05, 0) is 84.7 Å². The topological polar surface area (TPSA) is 96.5 Å². The first-order chi connectivity index (χ1) is 22.7. The molecule has 0 amide bonds. The van der Waals surface area contributed by atoms with Crippen molar-refractivity contribution in [2.75, 3.05) is 20.7 Å². The number of ether oxygens (including phenoxy) is 6. The molecular formula is C40H76N2O7. The number of cyclic esters (lactones) is 1.